The van der Waals surface area contributed by atoms with Crippen molar-refractivity contribution in [2.24, 2.45) is 0 Å². The number of aliphatic hydroxyl groups is 8. The van der Waals surface area contributed by atoms with Crippen molar-refractivity contribution >= 4 is 11.9 Å². The van der Waals surface area contributed by atoms with Crippen LogP contribution in [0.2, 0.25) is 0 Å². The van der Waals surface area contributed by atoms with Gasteiger partial charge in [-0.05, 0) is 19.3 Å². The van der Waals surface area contributed by atoms with Gasteiger partial charge < -0.3 is 60.3 Å². The molecule has 260 valence electrons. The lowest BCUT2D eigenvalue weighted by Crippen LogP contribution is -2.61. The number of hydrogen-bond donors (Lipinski definition) is 9. The maximum atomic E-state index is 13.1. The topological polar surface area (TPSA) is 238 Å². The first-order chi connectivity index (χ1) is 21.0. The summed E-state index contributed by atoms with van der Waals surface area (Å²) in [4.78, 5) is 25.1. The summed E-state index contributed by atoms with van der Waals surface area (Å²) in [6.07, 6.45) is -4.39. The van der Waals surface area contributed by atoms with Gasteiger partial charge in [0.15, 0.2) is 6.29 Å². The lowest BCUT2D eigenvalue weighted by atomic mass is 9.98. The summed E-state index contributed by atoms with van der Waals surface area (Å²) < 4.78 is 10.8. The summed E-state index contributed by atoms with van der Waals surface area (Å²) in [5, 5.41) is 90.3. The van der Waals surface area contributed by atoms with Gasteiger partial charge >= 0.3 is 5.97 Å². The van der Waals surface area contributed by atoms with Gasteiger partial charge in [0.25, 0.3) is 0 Å². The number of aliphatic carboxylic acids is 1. The first-order valence-corrected chi connectivity index (χ1v) is 16.1. The van der Waals surface area contributed by atoms with E-state index in [-0.39, 0.29) is 25.3 Å². The molecule has 1 heterocycles. The Kier molecular flexibility index (Phi) is 21.2. The minimum Gasteiger partial charge on any atom is -0.481 e. The van der Waals surface area contributed by atoms with Gasteiger partial charge in [0.2, 0.25) is 5.91 Å². The van der Waals surface area contributed by atoms with Gasteiger partial charge in [-0.2, -0.15) is 0 Å². The average Bonchev–Trinajstić information content (AvgIpc) is 3.00. The molecule has 1 aliphatic rings. The number of nitrogens with zero attached hydrogens (tertiary/aromatic N) is 1. The van der Waals surface area contributed by atoms with E-state index in [1.165, 1.54) is 4.90 Å². The fraction of sp³-hybridized carbons (Fsp3) is 0.933. The van der Waals surface area contributed by atoms with Crippen molar-refractivity contribution in [3.05, 3.63) is 0 Å². The number of carboxylic acids is 1. The van der Waals surface area contributed by atoms with E-state index in [1.807, 2.05) is 0 Å². The smallest absolute Gasteiger partial charge is 0.303 e. The highest BCUT2D eigenvalue weighted by Crippen LogP contribution is 2.25. The van der Waals surface area contributed by atoms with Crippen LogP contribution in [-0.2, 0) is 19.1 Å². The summed E-state index contributed by atoms with van der Waals surface area (Å²) in [5.74, 6) is -0.978. The Labute approximate surface area is 260 Å². The quantitative estimate of drug-likeness (QED) is 0.0581. The molecule has 9 atom stereocenters. The van der Waals surface area contributed by atoms with E-state index in [0.29, 0.717) is 25.8 Å². The first-order valence-electron chi connectivity index (χ1n) is 16.1. The van der Waals surface area contributed by atoms with Gasteiger partial charge in [-0.3, -0.25) is 9.59 Å². The van der Waals surface area contributed by atoms with E-state index in [0.717, 1.165) is 57.8 Å². The van der Waals surface area contributed by atoms with Crippen molar-refractivity contribution < 1.29 is 65.0 Å². The predicted octanol–water partition coefficient (Wildman–Crippen LogP) is -0.359. The Bertz CT molecular complexity index is 773. The van der Waals surface area contributed by atoms with Crippen molar-refractivity contribution in [3.8, 4) is 0 Å². The van der Waals surface area contributed by atoms with Crippen LogP contribution < -0.4 is 0 Å². The van der Waals surface area contributed by atoms with Crippen molar-refractivity contribution in [2.75, 3.05) is 26.3 Å². The summed E-state index contributed by atoms with van der Waals surface area (Å²) in [7, 11) is 0. The Balaban J connectivity index is 2.78. The van der Waals surface area contributed by atoms with Crippen molar-refractivity contribution in [3.63, 3.8) is 0 Å². The molecule has 0 saturated carbocycles. The van der Waals surface area contributed by atoms with Crippen molar-refractivity contribution in [2.45, 2.75) is 152 Å². The molecule has 0 aromatic heterocycles. The zero-order valence-corrected chi connectivity index (χ0v) is 26.0. The van der Waals surface area contributed by atoms with Gasteiger partial charge in [0.1, 0.15) is 48.8 Å². The summed E-state index contributed by atoms with van der Waals surface area (Å²) in [6.45, 7) is 0.474. The number of ether oxygens (including phenoxy) is 2. The minimum atomic E-state index is -1.86. The van der Waals surface area contributed by atoms with Gasteiger partial charge in [-0.1, -0.05) is 64.7 Å². The van der Waals surface area contributed by atoms with Gasteiger partial charge in [0.05, 0.1) is 13.2 Å². The molecule has 1 amide bonds. The van der Waals surface area contributed by atoms with Gasteiger partial charge in [-0.25, -0.2) is 0 Å². The van der Waals surface area contributed by atoms with Crippen LogP contribution >= 0.6 is 0 Å². The molecule has 0 aromatic carbocycles. The fourth-order valence-electron chi connectivity index (χ4n) is 5.21. The van der Waals surface area contributed by atoms with Crippen LogP contribution in [0.5, 0.6) is 0 Å². The highest BCUT2D eigenvalue weighted by molar-refractivity contribution is 5.76. The van der Waals surface area contributed by atoms with Crippen LogP contribution in [0.25, 0.3) is 0 Å². The standard InChI is InChI=1S/C30H57NO13/c1-2-3-4-11-14-23(36)31(16-13-10-8-6-5-7-9-12-15-24(37)38)17-20(34)25(39)29(21(35)18-32)44-30-28(42)27(41)26(40)22(19-33)43-30/h20-22,25-30,32-35,39-42H,2-19H2,1H3,(H,37,38)/t20-,21+,22+,25+,26-,27-,28+,29+,30-/m0/s1. The molecule has 1 fully saturated rings. The van der Waals surface area contributed by atoms with E-state index >= 15 is 0 Å². The SMILES string of the molecule is CCCCCCC(=O)N(CCCCCCCCCCC(=O)O)C[C@H](O)[C@@H](O)[C@H](O[C@@H]1O[C@H](CO)[C@H](O)[C@H](O)[C@H]1O)[C@H](O)CO. The molecule has 14 heteroatoms. The molecule has 0 aliphatic carbocycles. The number of amides is 1. The molecule has 0 aromatic rings. The maximum absolute atomic E-state index is 13.1. The molecule has 44 heavy (non-hydrogen) atoms. The third kappa shape index (κ3) is 14.8. The van der Waals surface area contributed by atoms with E-state index in [1.54, 1.807) is 0 Å². The third-order valence-electron chi connectivity index (χ3n) is 8.01. The maximum Gasteiger partial charge on any atom is 0.303 e. The lowest BCUT2D eigenvalue weighted by molar-refractivity contribution is -0.327. The zero-order chi connectivity index (χ0) is 33.1. The molecule has 0 radical (unpaired) electrons. The van der Waals surface area contributed by atoms with Crippen molar-refractivity contribution in [1.29, 1.82) is 0 Å². The van der Waals surface area contributed by atoms with Gasteiger partial charge in [0, 0.05) is 25.9 Å². The second-order valence-electron chi connectivity index (χ2n) is 11.7. The molecule has 1 aliphatic heterocycles. The highest BCUT2D eigenvalue weighted by atomic mass is 16.7. The molecule has 14 nitrogen and oxygen atoms in total. The molecular formula is C30H57NO13. The molecule has 0 bridgehead atoms. The Morgan fingerprint density at radius 3 is 1.91 bits per heavy atom. The number of rotatable bonds is 25. The molecular weight excluding hydrogens is 582 g/mol. The average molecular weight is 640 g/mol. The summed E-state index contributed by atoms with van der Waals surface area (Å²) >= 11 is 0. The second kappa shape index (κ2) is 23.0. The van der Waals surface area contributed by atoms with Crippen LogP contribution in [0.4, 0.5) is 0 Å². The number of aliphatic hydroxyl groups excluding tert-OH is 8. The Hall–Kier alpha value is -1.46. The van der Waals surface area contributed by atoms with Gasteiger partial charge in [-0.15, -0.1) is 0 Å². The number of unbranched alkanes of at least 4 members (excludes halogenated alkanes) is 10. The first kappa shape index (κ1) is 40.6. The third-order valence-corrected chi connectivity index (χ3v) is 8.01. The second-order valence-corrected chi connectivity index (χ2v) is 11.7. The molecule has 0 spiro atoms. The molecule has 1 saturated heterocycles. The number of hydrogen-bond acceptors (Lipinski definition) is 12. The summed E-state index contributed by atoms with van der Waals surface area (Å²) in [6, 6.07) is 0. The fourth-order valence-corrected chi connectivity index (χ4v) is 5.21. The van der Waals surface area contributed by atoms with E-state index in [9.17, 15) is 50.4 Å². The summed E-state index contributed by atoms with van der Waals surface area (Å²) in [5.41, 5.74) is 0. The zero-order valence-electron chi connectivity index (χ0n) is 26.0. The lowest BCUT2D eigenvalue weighted by Gasteiger charge is -2.42. The number of carbonyl (C=O) groups excluding carboxylic acids is 1. The van der Waals surface area contributed by atoms with Crippen LogP contribution in [0.3, 0.4) is 0 Å². The van der Waals surface area contributed by atoms with Crippen LogP contribution in [0.1, 0.15) is 96.8 Å². The minimum absolute atomic E-state index is 0.183. The van der Waals surface area contributed by atoms with E-state index in [4.69, 9.17) is 14.6 Å². The molecule has 0 unspecified atom stereocenters. The highest BCUT2D eigenvalue weighted by Gasteiger charge is 2.47. The van der Waals surface area contributed by atoms with Crippen LogP contribution in [0, 0.1) is 0 Å². The Morgan fingerprint density at radius 2 is 1.34 bits per heavy atom. The van der Waals surface area contributed by atoms with Crippen LogP contribution in [-0.4, -0.2) is 144 Å². The Morgan fingerprint density at radius 1 is 0.773 bits per heavy atom. The monoisotopic (exact) mass is 639 g/mol. The van der Waals surface area contributed by atoms with Crippen LogP contribution in [0.15, 0.2) is 0 Å². The van der Waals surface area contributed by atoms with Crippen molar-refractivity contribution in [1.82, 2.24) is 4.90 Å². The van der Waals surface area contributed by atoms with E-state index in [2.05, 4.69) is 6.92 Å². The van der Waals surface area contributed by atoms with E-state index < -0.39 is 74.3 Å². The normalized spacial score (nSPS) is 24.9. The predicted molar refractivity (Wildman–Crippen MR) is 158 cm³/mol. The number of carboxylic acid groups (broad SMARTS) is 1. The number of carbonyl (C=O) groups is 2. The molecule has 1 rings (SSSR count). The molecule has 9 N–H and O–H groups in total. The largest absolute Gasteiger partial charge is 0.481 e.